The fourth-order valence-corrected chi connectivity index (χ4v) is 2.45. The van der Waals surface area contributed by atoms with Crippen molar-refractivity contribution < 1.29 is 4.74 Å². The van der Waals surface area contributed by atoms with Crippen molar-refractivity contribution in [2.75, 3.05) is 0 Å². The molecule has 6 heteroatoms. The molecule has 0 atom stereocenters. The van der Waals surface area contributed by atoms with Crippen LogP contribution in [0.15, 0.2) is 60.9 Å². The smallest absolute Gasteiger partial charge is 0.128 e. The van der Waals surface area contributed by atoms with Gasteiger partial charge in [-0.1, -0.05) is 36.4 Å². The lowest BCUT2D eigenvalue weighted by atomic mass is 10.0. The highest BCUT2D eigenvalue weighted by molar-refractivity contribution is 5.85. The topological polar surface area (TPSA) is 76.9 Å². The van der Waals surface area contributed by atoms with Crippen molar-refractivity contribution in [3.8, 4) is 22.9 Å². The second-order valence-electron chi connectivity index (χ2n) is 5.39. The van der Waals surface area contributed by atoms with Crippen LogP contribution in [0.25, 0.3) is 11.1 Å². The van der Waals surface area contributed by atoms with Gasteiger partial charge in [-0.3, -0.25) is 4.68 Å². The molecule has 0 amide bonds. The van der Waals surface area contributed by atoms with E-state index in [4.69, 9.17) is 15.7 Å². The maximum absolute atomic E-state index is 8.79. The first kappa shape index (κ1) is 18.5. The quantitative estimate of drug-likeness (QED) is 0.734. The highest BCUT2D eigenvalue weighted by atomic mass is 35.5. The standard InChI is InChI=1S/C19H18N4O.ClH/c20-8-9-23-13-17(12-22-23)18-10-16(11-21)6-7-19(18)24-14-15-4-2-1-3-5-15;/h1-7,10,12-13H,9,11,14,21H2;1H. The highest BCUT2D eigenvalue weighted by Gasteiger charge is 2.10. The summed E-state index contributed by atoms with van der Waals surface area (Å²) in [6, 6.07) is 18.0. The van der Waals surface area contributed by atoms with Crippen molar-refractivity contribution in [1.82, 2.24) is 9.78 Å². The Kier molecular flexibility index (Phi) is 6.58. The maximum atomic E-state index is 8.79. The number of hydrogen-bond donors (Lipinski definition) is 1. The molecule has 2 aromatic carbocycles. The molecule has 0 saturated heterocycles. The van der Waals surface area contributed by atoms with Crippen LogP contribution in [-0.4, -0.2) is 9.78 Å². The van der Waals surface area contributed by atoms with Gasteiger partial charge in [0, 0.05) is 23.9 Å². The predicted molar refractivity (Wildman–Crippen MR) is 99.2 cm³/mol. The molecule has 128 valence electrons. The largest absolute Gasteiger partial charge is 0.488 e. The molecule has 0 unspecified atom stereocenters. The van der Waals surface area contributed by atoms with E-state index >= 15 is 0 Å². The third kappa shape index (κ3) is 4.60. The van der Waals surface area contributed by atoms with Crippen LogP contribution in [0.1, 0.15) is 11.1 Å². The van der Waals surface area contributed by atoms with E-state index < -0.39 is 0 Å². The van der Waals surface area contributed by atoms with Crippen molar-refractivity contribution in [2.24, 2.45) is 5.73 Å². The molecule has 0 aliphatic rings. The molecular weight excluding hydrogens is 336 g/mol. The molecule has 3 rings (SSSR count). The lowest BCUT2D eigenvalue weighted by molar-refractivity contribution is 0.307. The summed E-state index contributed by atoms with van der Waals surface area (Å²) >= 11 is 0. The summed E-state index contributed by atoms with van der Waals surface area (Å²) in [5.41, 5.74) is 9.72. The molecule has 0 aliphatic carbocycles. The number of rotatable bonds is 6. The highest BCUT2D eigenvalue weighted by Crippen LogP contribution is 2.31. The lowest BCUT2D eigenvalue weighted by Gasteiger charge is -2.12. The first-order valence-corrected chi connectivity index (χ1v) is 7.69. The Bertz CT molecular complexity index is 855. The van der Waals surface area contributed by atoms with Crippen molar-refractivity contribution in [1.29, 1.82) is 5.26 Å². The Hall–Kier alpha value is -2.81. The molecule has 0 saturated carbocycles. The average molecular weight is 355 g/mol. The van der Waals surface area contributed by atoms with Crippen LogP contribution in [0.3, 0.4) is 0 Å². The number of benzene rings is 2. The SMILES string of the molecule is Cl.N#CCn1cc(-c2cc(CN)ccc2OCc2ccccc2)cn1. The van der Waals surface area contributed by atoms with E-state index in [-0.39, 0.29) is 19.0 Å². The van der Waals surface area contributed by atoms with E-state index in [1.54, 1.807) is 10.9 Å². The predicted octanol–water partition coefficient (Wildman–Crippen LogP) is 3.53. The summed E-state index contributed by atoms with van der Waals surface area (Å²) in [7, 11) is 0. The van der Waals surface area contributed by atoms with Crippen LogP contribution in [0.2, 0.25) is 0 Å². The second kappa shape index (κ2) is 8.88. The van der Waals surface area contributed by atoms with E-state index in [9.17, 15) is 0 Å². The lowest BCUT2D eigenvalue weighted by Crippen LogP contribution is -2.00. The molecule has 0 bridgehead atoms. The van der Waals surface area contributed by atoms with Crippen molar-refractivity contribution >= 4 is 12.4 Å². The first-order chi connectivity index (χ1) is 11.8. The zero-order chi connectivity index (χ0) is 16.8. The number of halogens is 1. The minimum Gasteiger partial charge on any atom is -0.488 e. The number of nitrogens with zero attached hydrogens (tertiary/aromatic N) is 3. The number of hydrogen-bond acceptors (Lipinski definition) is 4. The van der Waals surface area contributed by atoms with Gasteiger partial charge in [0.15, 0.2) is 0 Å². The maximum Gasteiger partial charge on any atom is 0.128 e. The summed E-state index contributed by atoms with van der Waals surface area (Å²) in [5, 5.41) is 13.0. The van der Waals surface area contributed by atoms with Crippen LogP contribution >= 0.6 is 12.4 Å². The summed E-state index contributed by atoms with van der Waals surface area (Å²) in [6.07, 6.45) is 3.58. The molecular formula is C19H19ClN4O. The molecule has 1 aromatic heterocycles. The van der Waals surface area contributed by atoms with Crippen LogP contribution in [0.4, 0.5) is 0 Å². The Morgan fingerprint density at radius 1 is 1.12 bits per heavy atom. The summed E-state index contributed by atoms with van der Waals surface area (Å²) in [6.45, 7) is 1.16. The molecule has 5 nitrogen and oxygen atoms in total. The summed E-state index contributed by atoms with van der Waals surface area (Å²) in [5.74, 6) is 0.771. The zero-order valence-corrected chi connectivity index (χ0v) is 14.4. The van der Waals surface area contributed by atoms with Gasteiger partial charge in [-0.25, -0.2) is 0 Å². The Labute approximate surface area is 153 Å². The minimum absolute atomic E-state index is 0. The van der Waals surface area contributed by atoms with Gasteiger partial charge < -0.3 is 10.5 Å². The van der Waals surface area contributed by atoms with Crippen molar-refractivity contribution in [2.45, 2.75) is 19.7 Å². The summed E-state index contributed by atoms with van der Waals surface area (Å²) < 4.78 is 7.61. The fraction of sp³-hybridized carbons (Fsp3) is 0.158. The fourth-order valence-electron chi connectivity index (χ4n) is 2.45. The van der Waals surface area contributed by atoms with Gasteiger partial charge in [-0.15, -0.1) is 12.4 Å². The van der Waals surface area contributed by atoms with Gasteiger partial charge in [-0.2, -0.15) is 10.4 Å². The van der Waals surface area contributed by atoms with Crippen molar-refractivity contribution in [3.05, 3.63) is 72.1 Å². The average Bonchev–Trinajstić information content (AvgIpc) is 3.09. The minimum atomic E-state index is 0. The van der Waals surface area contributed by atoms with Crippen LogP contribution in [-0.2, 0) is 19.7 Å². The van der Waals surface area contributed by atoms with E-state index in [0.717, 1.165) is 28.0 Å². The number of nitriles is 1. The van der Waals surface area contributed by atoms with Gasteiger partial charge in [-0.05, 0) is 23.3 Å². The molecule has 0 radical (unpaired) electrons. The number of nitrogens with two attached hydrogens (primary N) is 1. The number of aromatic nitrogens is 2. The molecule has 25 heavy (non-hydrogen) atoms. The molecule has 0 fully saturated rings. The molecule has 0 aliphatic heterocycles. The first-order valence-electron chi connectivity index (χ1n) is 7.69. The Morgan fingerprint density at radius 2 is 1.92 bits per heavy atom. The van der Waals surface area contributed by atoms with Gasteiger partial charge in [0.25, 0.3) is 0 Å². The summed E-state index contributed by atoms with van der Waals surface area (Å²) in [4.78, 5) is 0. The third-order valence-corrected chi connectivity index (χ3v) is 3.69. The van der Waals surface area contributed by atoms with E-state index in [1.165, 1.54) is 0 Å². The second-order valence-corrected chi connectivity index (χ2v) is 5.39. The molecule has 0 spiro atoms. The normalized spacial score (nSPS) is 9.92. The Balaban J connectivity index is 0.00000225. The van der Waals surface area contributed by atoms with Crippen LogP contribution in [0, 0.1) is 11.3 Å². The Morgan fingerprint density at radius 3 is 2.64 bits per heavy atom. The van der Waals surface area contributed by atoms with Gasteiger partial charge >= 0.3 is 0 Å². The van der Waals surface area contributed by atoms with Gasteiger partial charge in [0.05, 0.1) is 12.3 Å². The van der Waals surface area contributed by atoms with Gasteiger partial charge in [0.2, 0.25) is 0 Å². The van der Waals surface area contributed by atoms with Crippen LogP contribution < -0.4 is 10.5 Å². The molecule has 1 heterocycles. The van der Waals surface area contributed by atoms with E-state index in [2.05, 4.69) is 11.2 Å². The van der Waals surface area contributed by atoms with Crippen LogP contribution in [0.5, 0.6) is 5.75 Å². The third-order valence-electron chi connectivity index (χ3n) is 3.69. The zero-order valence-electron chi connectivity index (χ0n) is 13.6. The van der Waals surface area contributed by atoms with E-state index in [1.807, 2.05) is 54.7 Å². The van der Waals surface area contributed by atoms with Gasteiger partial charge in [0.1, 0.15) is 18.9 Å². The molecule has 3 aromatic rings. The van der Waals surface area contributed by atoms with E-state index in [0.29, 0.717) is 13.2 Å². The monoisotopic (exact) mass is 354 g/mol. The van der Waals surface area contributed by atoms with Crippen molar-refractivity contribution in [3.63, 3.8) is 0 Å². The molecule has 2 N–H and O–H groups in total. The number of ether oxygens (including phenoxy) is 1.